The molecule has 0 saturated carbocycles. The Balaban J connectivity index is 2.83. The van der Waals surface area contributed by atoms with E-state index in [9.17, 15) is 4.39 Å². The predicted molar refractivity (Wildman–Crippen MR) is 61.0 cm³/mol. The summed E-state index contributed by atoms with van der Waals surface area (Å²) in [7, 11) is 1.83. The minimum absolute atomic E-state index is 0.169. The summed E-state index contributed by atoms with van der Waals surface area (Å²) in [4.78, 5) is 4.36. The molecule has 0 aliphatic heterocycles. The molecule has 1 aromatic heterocycles. The Hall–Kier alpha value is -0.940. The van der Waals surface area contributed by atoms with Gasteiger partial charge in [-0.2, -0.15) is 0 Å². The first-order valence-electron chi connectivity index (χ1n) is 4.58. The smallest absolute Gasteiger partial charge is 0.139 e. The number of hydrogen-bond acceptors (Lipinski definition) is 2. The van der Waals surface area contributed by atoms with Crippen LogP contribution in [-0.2, 0) is 7.05 Å². The summed E-state index contributed by atoms with van der Waals surface area (Å²) in [6.45, 7) is 1.85. The Labute approximate surface area is 95.2 Å². The van der Waals surface area contributed by atoms with Crippen molar-refractivity contribution >= 4 is 27.0 Å². The minimum Gasteiger partial charge on any atom is -0.329 e. The molecule has 2 aromatic rings. The zero-order valence-corrected chi connectivity index (χ0v) is 10.0. The van der Waals surface area contributed by atoms with Crippen molar-refractivity contribution in [2.45, 2.75) is 13.0 Å². The molecule has 0 bridgehead atoms. The van der Waals surface area contributed by atoms with Crippen molar-refractivity contribution in [2.75, 3.05) is 0 Å². The molecule has 0 fully saturated rings. The number of rotatable bonds is 1. The lowest BCUT2D eigenvalue weighted by molar-refractivity contribution is 0.621. The molecule has 80 valence electrons. The molecule has 1 heterocycles. The summed E-state index contributed by atoms with van der Waals surface area (Å²) >= 11 is 3.22. The van der Waals surface area contributed by atoms with E-state index in [0.29, 0.717) is 4.47 Å². The van der Waals surface area contributed by atoms with E-state index in [1.807, 2.05) is 18.5 Å². The summed E-state index contributed by atoms with van der Waals surface area (Å²) in [6, 6.07) is 2.88. The maximum atomic E-state index is 13.3. The molecule has 0 saturated heterocycles. The maximum Gasteiger partial charge on any atom is 0.139 e. The SMILES string of the molecule is CC(N)c1nc2ccc(F)c(Br)c2n1C. The van der Waals surface area contributed by atoms with Crippen LogP contribution in [0.1, 0.15) is 18.8 Å². The van der Waals surface area contributed by atoms with E-state index in [-0.39, 0.29) is 11.9 Å². The third-order valence-electron chi connectivity index (χ3n) is 2.37. The fourth-order valence-corrected chi connectivity index (χ4v) is 2.26. The van der Waals surface area contributed by atoms with Gasteiger partial charge in [-0.1, -0.05) is 0 Å². The second-order valence-electron chi connectivity index (χ2n) is 3.55. The average molecular weight is 272 g/mol. The van der Waals surface area contributed by atoms with Gasteiger partial charge in [0.1, 0.15) is 11.6 Å². The molecule has 0 spiro atoms. The molecule has 15 heavy (non-hydrogen) atoms. The van der Waals surface area contributed by atoms with Gasteiger partial charge in [0.15, 0.2) is 0 Å². The van der Waals surface area contributed by atoms with Crippen molar-refractivity contribution in [2.24, 2.45) is 12.8 Å². The molecule has 0 amide bonds. The van der Waals surface area contributed by atoms with Gasteiger partial charge in [0.2, 0.25) is 0 Å². The average Bonchev–Trinajstić information content (AvgIpc) is 2.50. The van der Waals surface area contributed by atoms with Crippen LogP contribution in [0.5, 0.6) is 0 Å². The first kappa shape index (κ1) is 10.6. The molecule has 3 nitrogen and oxygen atoms in total. The fraction of sp³-hybridized carbons (Fsp3) is 0.300. The highest BCUT2D eigenvalue weighted by Crippen LogP contribution is 2.28. The van der Waals surface area contributed by atoms with Gasteiger partial charge in [-0.25, -0.2) is 9.37 Å². The first-order valence-corrected chi connectivity index (χ1v) is 5.37. The number of benzene rings is 1. The maximum absolute atomic E-state index is 13.3. The minimum atomic E-state index is -0.290. The van der Waals surface area contributed by atoms with Crippen molar-refractivity contribution < 1.29 is 4.39 Å². The number of imidazole rings is 1. The number of nitrogens with two attached hydrogens (primary N) is 1. The van der Waals surface area contributed by atoms with Crippen LogP contribution >= 0.6 is 15.9 Å². The highest BCUT2D eigenvalue weighted by atomic mass is 79.9. The lowest BCUT2D eigenvalue weighted by Gasteiger charge is -2.05. The molecule has 0 aliphatic rings. The van der Waals surface area contributed by atoms with E-state index >= 15 is 0 Å². The Morgan fingerprint density at radius 3 is 2.80 bits per heavy atom. The number of aromatic nitrogens is 2. The molecule has 0 radical (unpaired) electrons. The molecular weight excluding hydrogens is 261 g/mol. The van der Waals surface area contributed by atoms with Crippen molar-refractivity contribution in [3.63, 3.8) is 0 Å². The number of aryl methyl sites for hydroxylation is 1. The second-order valence-corrected chi connectivity index (χ2v) is 4.34. The van der Waals surface area contributed by atoms with Crippen LogP contribution in [0.2, 0.25) is 0 Å². The molecule has 2 N–H and O–H groups in total. The topological polar surface area (TPSA) is 43.8 Å². The van der Waals surface area contributed by atoms with Crippen LogP contribution < -0.4 is 5.73 Å². The molecular formula is C10H11BrFN3. The molecule has 5 heteroatoms. The summed E-state index contributed by atoms with van der Waals surface area (Å²) in [6.07, 6.45) is 0. The van der Waals surface area contributed by atoms with Gasteiger partial charge in [0.25, 0.3) is 0 Å². The van der Waals surface area contributed by atoms with E-state index in [4.69, 9.17) is 5.73 Å². The van der Waals surface area contributed by atoms with Gasteiger partial charge < -0.3 is 10.3 Å². The van der Waals surface area contributed by atoms with Crippen LogP contribution in [0.15, 0.2) is 16.6 Å². The van der Waals surface area contributed by atoms with Gasteiger partial charge in [-0.05, 0) is 35.0 Å². The van der Waals surface area contributed by atoms with E-state index < -0.39 is 0 Å². The van der Waals surface area contributed by atoms with Crippen LogP contribution in [0.4, 0.5) is 4.39 Å². The molecule has 1 unspecified atom stereocenters. The number of fused-ring (bicyclic) bond motifs is 1. The fourth-order valence-electron chi connectivity index (χ4n) is 1.66. The zero-order valence-electron chi connectivity index (χ0n) is 8.46. The van der Waals surface area contributed by atoms with Crippen molar-refractivity contribution in [3.05, 3.63) is 28.2 Å². The van der Waals surface area contributed by atoms with Crippen molar-refractivity contribution in [3.8, 4) is 0 Å². The van der Waals surface area contributed by atoms with Crippen molar-refractivity contribution in [1.29, 1.82) is 0 Å². The van der Waals surface area contributed by atoms with Crippen LogP contribution in [0.25, 0.3) is 11.0 Å². The lowest BCUT2D eigenvalue weighted by atomic mass is 10.3. The van der Waals surface area contributed by atoms with Gasteiger partial charge in [0.05, 0.1) is 21.5 Å². The molecule has 1 aromatic carbocycles. The number of nitrogens with zero attached hydrogens (tertiary/aromatic N) is 2. The molecule has 1 atom stereocenters. The highest BCUT2D eigenvalue weighted by Gasteiger charge is 2.15. The van der Waals surface area contributed by atoms with E-state index in [1.165, 1.54) is 6.07 Å². The second kappa shape index (κ2) is 3.57. The Morgan fingerprint density at radius 1 is 1.53 bits per heavy atom. The van der Waals surface area contributed by atoms with Crippen molar-refractivity contribution in [1.82, 2.24) is 9.55 Å². The summed E-state index contributed by atoms with van der Waals surface area (Å²) in [5.41, 5.74) is 7.26. The summed E-state index contributed by atoms with van der Waals surface area (Å²) in [5.74, 6) is 0.457. The normalized spacial score (nSPS) is 13.4. The monoisotopic (exact) mass is 271 g/mol. The standard InChI is InChI=1S/C10H11BrFN3/c1-5(13)10-14-7-4-3-6(12)8(11)9(7)15(10)2/h3-5H,13H2,1-2H3. The van der Waals surface area contributed by atoms with Crippen LogP contribution in [0, 0.1) is 5.82 Å². The van der Waals surface area contributed by atoms with Gasteiger partial charge in [0, 0.05) is 7.05 Å². The first-order chi connectivity index (χ1) is 7.02. The van der Waals surface area contributed by atoms with E-state index in [2.05, 4.69) is 20.9 Å². The zero-order chi connectivity index (χ0) is 11.2. The summed E-state index contributed by atoms with van der Waals surface area (Å²) < 4.78 is 15.6. The Kier molecular flexibility index (Phi) is 2.52. The van der Waals surface area contributed by atoms with Gasteiger partial charge >= 0.3 is 0 Å². The third-order valence-corrected chi connectivity index (χ3v) is 3.12. The number of halogens is 2. The van der Waals surface area contributed by atoms with Gasteiger partial charge in [-0.3, -0.25) is 0 Å². The third kappa shape index (κ3) is 1.55. The molecule has 2 rings (SSSR count). The predicted octanol–water partition coefficient (Wildman–Crippen LogP) is 2.49. The van der Waals surface area contributed by atoms with Gasteiger partial charge in [-0.15, -0.1) is 0 Å². The van der Waals surface area contributed by atoms with E-state index in [0.717, 1.165) is 16.9 Å². The largest absolute Gasteiger partial charge is 0.329 e. The van der Waals surface area contributed by atoms with Crippen LogP contribution in [0.3, 0.4) is 0 Å². The van der Waals surface area contributed by atoms with E-state index in [1.54, 1.807) is 6.07 Å². The quantitative estimate of drug-likeness (QED) is 0.866. The lowest BCUT2D eigenvalue weighted by Crippen LogP contribution is -2.11. The molecule has 0 aliphatic carbocycles. The Morgan fingerprint density at radius 2 is 2.20 bits per heavy atom. The number of hydrogen-bond donors (Lipinski definition) is 1. The Bertz CT molecular complexity index is 519. The highest BCUT2D eigenvalue weighted by molar-refractivity contribution is 9.10. The van der Waals surface area contributed by atoms with Crippen LogP contribution in [-0.4, -0.2) is 9.55 Å². The summed E-state index contributed by atoms with van der Waals surface area (Å²) in [5, 5.41) is 0.